The number of aromatic nitrogens is 2. The second kappa shape index (κ2) is 4.32. The largest absolute Gasteiger partial charge is 0.428 e. The summed E-state index contributed by atoms with van der Waals surface area (Å²) < 4.78 is 4.86. The molecule has 0 saturated heterocycles. The van der Waals surface area contributed by atoms with Crippen molar-refractivity contribution in [1.82, 2.24) is 9.97 Å². The molecule has 0 aliphatic heterocycles. The molecular formula is C11H8N2O2. The van der Waals surface area contributed by atoms with Crippen LogP contribution in [-0.2, 0) is 4.79 Å². The number of nitrogens with zero attached hydrogens (tertiary/aromatic N) is 2. The SMILES string of the molecule is O=COc1ccccc1-c1cncnc1. The quantitative estimate of drug-likeness (QED) is 0.707. The van der Waals surface area contributed by atoms with Crippen molar-refractivity contribution in [3.05, 3.63) is 43.0 Å². The highest BCUT2D eigenvalue weighted by Crippen LogP contribution is 2.27. The van der Waals surface area contributed by atoms with Gasteiger partial charge in [0, 0.05) is 23.5 Å². The van der Waals surface area contributed by atoms with Crippen LogP contribution in [0, 0.1) is 0 Å². The zero-order valence-electron chi connectivity index (χ0n) is 7.83. The fraction of sp³-hybridized carbons (Fsp3) is 0. The van der Waals surface area contributed by atoms with Crippen LogP contribution in [0.1, 0.15) is 0 Å². The molecule has 0 saturated carbocycles. The monoisotopic (exact) mass is 200 g/mol. The highest BCUT2D eigenvalue weighted by Gasteiger charge is 2.05. The fourth-order valence-electron chi connectivity index (χ4n) is 1.30. The molecule has 2 aromatic rings. The number of ether oxygens (including phenoxy) is 1. The summed E-state index contributed by atoms with van der Waals surface area (Å²) in [6, 6.07) is 7.22. The summed E-state index contributed by atoms with van der Waals surface area (Å²) in [6.45, 7) is 0.405. The fourth-order valence-corrected chi connectivity index (χ4v) is 1.30. The Morgan fingerprint density at radius 3 is 2.60 bits per heavy atom. The molecule has 0 bridgehead atoms. The van der Waals surface area contributed by atoms with Crippen molar-refractivity contribution in [3.8, 4) is 16.9 Å². The Bertz CT molecular complexity index is 457. The van der Waals surface area contributed by atoms with E-state index in [-0.39, 0.29) is 0 Å². The van der Waals surface area contributed by atoms with Crippen molar-refractivity contribution < 1.29 is 9.53 Å². The highest BCUT2D eigenvalue weighted by molar-refractivity contribution is 5.70. The summed E-state index contributed by atoms with van der Waals surface area (Å²) in [7, 11) is 0. The maximum Gasteiger partial charge on any atom is 0.298 e. The number of carbonyl (C=O) groups excluding carboxylic acids is 1. The van der Waals surface area contributed by atoms with Crippen LogP contribution in [0.25, 0.3) is 11.1 Å². The molecule has 0 radical (unpaired) electrons. The summed E-state index contributed by atoms with van der Waals surface area (Å²) in [4.78, 5) is 18.1. The third-order valence-electron chi connectivity index (χ3n) is 1.93. The molecule has 4 nitrogen and oxygen atoms in total. The third kappa shape index (κ3) is 1.99. The van der Waals surface area contributed by atoms with Crippen LogP contribution >= 0.6 is 0 Å². The van der Waals surface area contributed by atoms with Crippen LogP contribution in [0.15, 0.2) is 43.0 Å². The Kier molecular flexibility index (Phi) is 2.69. The first-order valence-electron chi connectivity index (χ1n) is 4.36. The zero-order valence-corrected chi connectivity index (χ0v) is 7.83. The van der Waals surface area contributed by atoms with Gasteiger partial charge in [-0.25, -0.2) is 9.97 Å². The molecule has 1 aromatic carbocycles. The van der Waals surface area contributed by atoms with Gasteiger partial charge >= 0.3 is 0 Å². The van der Waals surface area contributed by atoms with Crippen molar-refractivity contribution in [2.75, 3.05) is 0 Å². The predicted molar refractivity (Wildman–Crippen MR) is 54.2 cm³/mol. The first-order valence-corrected chi connectivity index (χ1v) is 4.36. The van der Waals surface area contributed by atoms with Crippen molar-refractivity contribution in [2.24, 2.45) is 0 Å². The van der Waals surface area contributed by atoms with E-state index in [0.717, 1.165) is 11.1 Å². The van der Waals surface area contributed by atoms with Crippen LogP contribution in [0.3, 0.4) is 0 Å². The van der Waals surface area contributed by atoms with E-state index < -0.39 is 0 Å². The number of carbonyl (C=O) groups is 1. The Morgan fingerprint density at radius 1 is 1.13 bits per heavy atom. The number of benzene rings is 1. The Balaban J connectivity index is 2.48. The third-order valence-corrected chi connectivity index (χ3v) is 1.93. The number of hydrogen-bond acceptors (Lipinski definition) is 4. The molecule has 0 N–H and O–H groups in total. The topological polar surface area (TPSA) is 52.1 Å². The molecule has 0 aliphatic carbocycles. The number of rotatable bonds is 3. The van der Waals surface area contributed by atoms with Gasteiger partial charge in [-0.1, -0.05) is 18.2 Å². The molecule has 0 atom stereocenters. The van der Waals surface area contributed by atoms with Gasteiger partial charge in [0.1, 0.15) is 12.1 Å². The molecule has 0 aliphatic rings. The Hall–Kier alpha value is -2.23. The Labute approximate surface area is 86.6 Å². The molecule has 0 unspecified atom stereocenters. The normalized spacial score (nSPS) is 9.60. The van der Waals surface area contributed by atoms with E-state index in [1.165, 1.54) is 6.33 Å². The Morgan fingerprint density at radius 2 is 1.87 bits per heavy atom. The van der Waals surface area contributed by atoms with E-state index >= 15 is 0 Å². The minimum absolute atomic E-state index is 0.405. The van der Waals surface area contributed by atoms with Crippen molar-refractivity contribution in [2.45, 2.75) is 0 Å². The van der Waals surface area contributed by atoms with Gasteiger partial charge in [-0.05, 0) is 6.07 Å². The lowest BCUT2D eigenvalue weighted by molar-refractivity contribution is -0.120. The van der Waals surface area contributed by atoms with E-state index in [0.29, 0.717) is 12.2 Å². The van der Waals surface area contributed by atoms with E-state index in [1.807, 2.05) is 12.1 Å². The lowest BCUT2D eigenvalue weighted by Crippen LogP contribution is -1.92. The minimum atomic E-state index is 0.405. The van der Waals surface area contributed by atoms with E-state index in [2.05, 4.69) is 9.97 Å². The van der Waals surface area contributed by atoms with Gasteiger partial charge in [0.05, 0.1) is 0 Å². The first kappa shape index (κ1) is 9.33. The summed E-state index contributed by atoms with van der Waals surface area (Å²) in [5, 5.41) is 0. The average molecular weight is 200 g/mol. The van der Waals surface area contributed by atoms with Gasteiger partial charge in [-0.15, -0.1) is 0 Å². The van der Waals surface area contributed by atoms with Crippen molar-refractivity contribution in [1.29, 1.82) is 0 Å². The zero-order chi connectivity index (χ0) is 10.5. The standard InChI is InChI=1S/C11H8N2O2/c14-8-15-11-4-2-1-3-10(11)9-5-12-7-13-6-9/h1-8H. The van der Waals surface area contributed by atoms with Crippen molar-refractivity contribution >= 4 is 6.47 Å². The van der Waals surface area contributed by atoms with E-state index in [1.54, 1.807) is 24.5 Å². The summed E-state index contributed by atoms with van der Waals surface area (Å²) in [5.74, 6) is 0.502. The van der Waals surface area contributed by atoms with E-state index in [4.69, 9.17) is 4.74 Å². The lowest BCUT2D eigenvalue weighted by Gasteiger charge is -2.05. The molecule has 15 heavy (non-hydrogen) atoms. The average Bonchev–Trinajstić information content (AvgIpc) is 2.31. The lowest BCUT2D eigenvalue weighted by atomic mass is 10.1. The maximum absolute atomic E-state index is 10.3. The molecule has 1 aromatic heterocycles. The first-order chi connectivity index (χ1) is 7.42. The van der Waals surface area contributed by atoms with Gasteiger partial charge in [0.25, 0.3) is 6.47 Å². The minimum Gasteiger partial charge on any atom is -0.428 e. The molecule has 0 spiro atoms. The van der Waals surface area contributed by atoms with Crippen LogP contribution in [0.2, 0.25) is 0 Å². The van der Waals surface area contributed by atoms with Gasteiger partial charge in [-0.2, -0.15) is 0 Å². The van der Waals surface area contributed by atoms with Gasteiger partial charge in [-0.3, -0.25) is 4.79 Å². The summed E-state index contributed by atoms with van der Waals surface area (Å²) in [6.07, 6.45) is 4.78. The number of para-hydroxylation sites is 1. The summed E-state index contributed by atoms with van der Waals surface area (Å²) in [5.41, 5.74) is 1.61. The molecule has 0 amide bonds. The summed E-state index contributed by atoms with van der Waals surface area (Å²) >= 11 is 0. The number of hydrogen-bond donors (Lipinski definition) is 0. The smallest absolute Gasteiger partial charge is 0.298 e. The van der Waals surface area contributed by atoms with Crippen LogP contribution in [0.4, 0.5) is 0 Å². The molecular weight excluding hydrogens is 192 g/mol. The van der Waals surface area contributed by atoms with Gasteiger partial charge in [0.2, 0.25) is 0 Å². The highest BCUT2D eigenvalue weighted by atomic mass is 16.5. The molecule has 1 heterocycles. The van der Waals surface area contributed by atoms with Crippen LogP contribution in [0.5, 0.6) is 5.75 Å². The van der Waals surface area contributed by atoms with Crippen molar-refractivity contribution in [3.63, 3.8) is 0 Å². The molecule has 4 heteroatoms. The van der Waals surface area contributed by atoms with Gasteiger partial charge in [0.15, 0.2) is 0 Å². The predicted octanol–water partition coefficient (Wildman–Crippen LogP) is 1.68. The second-order valence-electron chi connectivity index (χ2n) is 2.84. The molecule has 74 valence electrons. The van der Waals surface area contributed by atoms with Crippen LogP contribution in [-0.4, -0.2) is 16.4 Å². The van der Waals surface area contributed by atoms with Gasteiger partial charge < -0.3 is 4.74 Å². The van der Waals surface area contributed by atoms with E-state index in [9.17, 15) is 4.79 Å². The van der Waals surface area contributed by atoms with Crippen LogP contribution < -0.4 is 4.74 Å². The maximum atomic E-state index is 10.3. The molecule has 0 fully saturated rings. The molecule has 2 rings (SSSR count). The second-order valence-corrected chi connectivity index (χ2v) is 2.84.